The number of carbonyl (C=O) groups is 3. The molecule has 1 heterocycles. The SMILES string of the molecule is CC(Nc1cccc(CN2CCCC2=O)c1)C(=O)NC(=O)NC12CC3CC(CC(C3)C1)C2. The molecular weight excluding hydrogens is 404 g/mol. The Kier molecular flexibility index (Phi) is 5.59. The fourth-order valence-corrected chi connectivity index (χ4v) is 6.92. The van der Waals surface area contributed by atoms with Gasteiger partial charge in [-0.2, -0.15) is 0 Å². The van der Waals surface area contributed by atoms with E-state index in [1.54, 1.807) is 6.92 Å². The first-order valence-electron chi connectivity index (χ1n) is 12.1. The second-order valence-electron chi connectivity index (χ2n) is 10.6. The lowest BCUT2D eigenvalue weighted by Crippen LogP contribution is -2.62. The van der Waals surface area contributed by atoms with Crippen LogP contribution < -0.4 is 16.0 Å². The zero-order valence-corrected chi connectivity index (χ0v) is 18.9. The summed E-state index contributed by atoms with van der Waals surface area (Å²) in [6, 6.07) is 6.84. The highest BCUT2D eigenvalue weighted by Crippen LogP contribution is 2.55. The summed E-state index contributed by atoms with van der Waals surface area (Å²) in [6.45, 7) is 3.14. The lowest BCUT2D eigenvalue weighted by atomic mass is 9.53. The molecule has 0 radical (unpaired) electrons. The van der Waals surface area contributed by atoms with Crippen molar-refractivity contribution in [2.24, 2.45) is 17.8 Å². The molecule has 3 N–H and O–H groups in total. The molecule has 7 nitrogen and oxygen atoms in total. The molecule has 4 bridgehead atoms. The van der Waals surface area contributed by atoms with Crippen LogP contribution in [0.5, 0.6) is 0 Å². The van der Waals surface area contributed by atoms with Crippen LogP contribution in [0.3, 0.4) is 0 Å². The van der Waals surface area contributed by atoms with E-state index >= 15 is 0 Å². The van der Waals surface area contributed by atoms with Gasteiger partial charge in [-0.1, -0.05) is 12.1 Å². The van der Waals surface area contributed by atoms with Gasteiger partial charge >= 0.3 is 6.03 Å². The number of imide groups is 1. The molecule has 0 spiro atoms. The fourth-order valence-electron chi connectivity index (χ4n) is 6.92. The maximum absolute atomic E-state index is 12.7. The first kappa shape index (κ1) is 21.3. The van der Waals surface area contributed by atoms with E-state index in [0.717, 1.165) is 61.2 Å². The average molecular weight is 439 g/mol. The molecule has 5 fully saturated rings. The molecule has 4 amide bonds. The number of hydrogen-bond acceptors (Lipinski definition) is 4. The van der Waals surface area contributed by atoms with Crippen LogP contribution in [-0.4, -0.2) is 40.9 Å². The molecule has 4 saturated carbocycles. The maximum Gasteiger partial charge on any atom is 0.321 e. The highest BCUT2D eigenvalue weighted by atomic mass is 16.2. The molecule has 1 atom stereocenters. The minimum atomic E-state index is -0.555. The van der Waals surface area contributed by atoms with Crippen molar-refractivity contribution in [1.82, 2.24) is 15.5 Å². The van der Waals surface area contributed by atoms with E-state index in [1.807, 2.05) is 29.2 Å². The number of hydrogen-bond donors (Lipinski definition) is 3. The Hall–Kier alpha value is -2.57. The second-order valence-corrected chi connectivity index (χ2v) is 10.6. The first-order chi connectivity index (χ1) is 15.4. The summed E-state index contributed by atoms with van der Waals surface area (Å²) in [5.41, 5.74) is 1.72. The molecular formula is C25H34N4O3. The largest absolute Gasteiger partial charge is 0.374 e. The Morgan fingerprint density at radius 1 is 1.12 bits per heavy atom. The van der Waals surface area contributed by atoms with Crippen LogP contribution in [0.25, 0.3) is 0 Å². The van der Waals surface area contributed by atoms with Gasteiger partial charge in [-0.25, -0.2) is 4.79 Å². The van der Waals surface area contributed by atoms with Gasteiger partial charge in [0.15, 0.2) is 0 Å². The molecule has 6 rings (SSSR count). The summed E-state index contributed by atoms with van der Waals surface area (Å²) < 4.78 is 0. The number of likely N-dealkylation sites (tertiary alicyclic amines) is 1. The monoisotopic (exact) mass is 438 g/mol. The van der Waals surface area contributed by atoms with Gasteiger partial charge in [0.1, 0.15) is 6.04 Å². The van der Waals surface area contributed by atoms with E-state index in [4.69, 9.17) is 0 Å². The van der Waals surface area contributed by atoms with E-state index < -0.39 is 6.04 Å². The topological polar surface area (TPSA) is 90.5 Å². The van der Waals surface area contributed by atoms with Gasteiger partial charge in [0.2, 0.25) is 11.8 Å². The lowest BCUT2D eigenvalue weighted by Gasteiger charge is -2.56. The number of carbonyl (C=O) groups excluding carboxylic acids is 3. The Labute approximate surface area is 189 Å². The van der Waals surface area contributed by atoms with E-state index in [1.165, 1.54) is 19.3 Å². The van der Waals surface area contributed by atoms with Gasteiger partial charge in [-0.15, -0.1) is 0 Å². The van der Waals surface area contributed by atoms with E-state index in [2.05, 4.69) is 16.0 Å². The second kappa shape index (κ2) is 8.41. The predicted molar refractivity (Wildman–Crippen MR) is 122 cm³/mol. The predicted octanol–water partition coefficient (Wildman–Crippen LogP) is 3.40. The third kappa shape index (κ3) is 4.48. The number of rotatable bonds is 6. The van der Waals surface area contributed by atoms with Crippen molar-refractivity contribution in [3.8, 4) is 0 Å². The van der Waals surface area contributed by atoms with Gasteiger partial charge in [0.25, 0.3) is 0 Å². The lowest BCUT2D eigenvalue weighted by molar-refractivity contribution is -0.128. The number of nitrogens with one attached hydrogen (secondary N) is 3. The highest BCUT2D eigenvalue weighted by Gasteiger charge is 2.51. The summed E-state index contributed by atoms with van der Waals surface area (Å²) >= 11 is 0. The molecule has 32 heavy (non-hydrogen) atoms. The number of amides is 4. The molecule has 7 heteroatoms. The molecule has 4 aliphatic carbocycles. The molecule has 1 saturated heterocycles. The Morgan fingerprint density at radius 2 is 1.81 bits per heavy atom. The summed E-state index contributed by atoms with van der Waals surface area (Å²) in [5, 5.41) is 8.93. The number of benzene rings is 1. The van der Waals surface area contributed by atoms with Crippen LogP contribution in [0.4, 0.5) is 10.5 Å². The quantitative estimate of drug-likeness (QED) is 0.635. The van der Waals surface area contributed by atoms with Crippen molar-refractivity contribution >= 4 is 23.5 Å². The van der Waals surface area contributed by atoms with Crippen LogP contribution in [0.1, 0.15) is 63.9 Å². The average Bonchev–Trinajstić information content (AvgIpc) is 3.11. The summed E-state index contributed by atoms with van der Waals surface area (Å²) in [4.78, 5) is 39.1. The normalized spacial score (nSPS) is 31.5. The van der Waals surface area contributed by atoms with E-state index in [9.17, 15) is 14.4 Å². The number of anilines is 1. The van der Waals surface area contributed by atoms with Crippen LogP contribution in [0.15, 0.2) is 24.3 Å². The Morgan fingerprint density at radius 3 is 2.44 bits per heavy atom. The summed E-state index contributed by atoms with van der Waals surface area (Å²) in [5.74, 6) is 2.07. The summed E-state index contributed by atoms with van der Waals surface area (Å²) in [6.07, 6.45) is 8.65. The highest BCUT2D eigenvalue weighted by molar-refractivity contribution is 5.98. The molecule has 5 aliphatic rings. The number of urea groups is 1. The standard InChI is InChI=1S/C25H34N4O3/c1-16(26-21-5-2-4-17(11-21)15-29-7-3-6-22(29)30)23(31)27-24(32)28-25-12-18-8-19(13-25)10-20(9-18)14-25/h2,4-5,11,16,18-20,26H,3,6-10,12-15H2,1H3,(H2,27,28,31,32). The summed E-state index contributed by atoms with van der Waals surface area (Å²) in [7, 11) is 0. The van der Waals surface area contributed by atoms with Crippen molar-refractivity contribution in [1.29, 1.82) is 0 Å². The molecule has 1 aromatic carbocycles. The molecule has 172 valence electrons. The van der Waals surface area contributed by atoms with Crippen LogP contribution >= 0.6 is 0 Å². The zero-order chi connectivity index (χ0) is 22.3. The van der Waals surface area contributed by atoms with Crippen molar-refractivity contribution in [2.45, 2.75) is 76.4 Å². The van der Waals surface area contributed by atoms with Crippen molar-refractivity contribution in [3.05, 3.63) is 29.8 Å². The molecule has 0 aromatic heterocycles. The van der Waals surface area contributed by atoms with Gasteiger partial charge in [-0.05, 0) is 87.3 Å². The van der Waals surface area contributed by atoms with Gasteiger partial charge < -0.3 is 15.5 Å². The third-order valence-corrected chi connectivity index (χ3v) is 7.90. The Bertz CT molecular complexity index is 879. The third-order valence-electron chi connectivity index (χ3n) is 7.90. The van der Waals surface area contributed by atoms with Gasteiger partial charge in [-0.3, -0.25) is 14.9 Å². The van der Waals surface area contributed by atoms with Gasteiger partial charge in [0.05, 0.1) is 0 Å². The van der Waals surface area contributed by atoms with Crippen LogP contribution in [0.2, 0.25) is 0 Å². The van der Waals surface area contributed by atoms with Crippen molar-refractivity contribution in [2.75, 3.05) is 11.9 Å². The van der Waals surface area contributed by atoms with Crippen LogP contribution in [0, 0.1) is 17.8 Å². The first-order valence-corrected chi connectivity index (χ1v) is 12.1. The smallest absolute Gasteiger partial charge is 0.321 e. The maximum atomic E-state index is 12.7. The number of nitrogens with zero attached hydrogens (tertiary/aromatic N) is 1. The minimum absolute atomic E-state index is 0.114. The van der Waals surface area contributed by atoms with E-state index in [-0.39, 0.29) is 23.4 Å². The fraction of sp³-hybridized carbons (Fsp3) is 0.640. The van der Waals surface area contributed by atoms with Gasteiger partial charge in [0, 0.05) is 30.7 Å². The minimum Gasteiger partial charge on any atom is -0.374 e. The van der Waals surface area contributed by atoms with Crippen molar-refractivity contribution < 1.29 is 14.4 Å². The molecule has 1 aliphatic heterocycles. The molecule has 1 aromatic rings. The zero-order valence-electron chi connectivity index (χ0n) is 18.9. The molecule has 1 unspecified atom stereocenters. The van der Waals surface area contributed by atoms with Crippen molar-refractivity contribution in [3.63, 3.8) is 0 Å². The van der Waals surface area contributed by atoms with Crippen LogP contribution in [-0.2, 0) is 16.1 Å². The Balaban J connectivity index is 1.14. The van der Waals surface area contributed by atoms with E-state index in [0.29, 0.717) is 13.0 Å².